The minimum Gasteiger partial charge on any atom is -0.459 e. The van der Waals surface area contributed by atoms with E-state index in [0.717, 1.165) is 13.1 Å². The number of aromatic nitrogens is 1. The van der Waals surface area contributed by atoms with Crippen molar-refractivity contribution in [3.63, 3.8) is 0 Å². The molecule has 1 saturated heterocycles. The summed E-state index contributed by atoms with van der Waals surface area (Å²) in [5, 5.41) is 0.514. The molecule has 3 aromatic rings. The Morgan fingerprint density at radius 1 is 1.27 bits per heavy atom. The van der Waals surface area contributed by atoms with Crippen molar-refractivity contribution in [3.8, 4) is 0 Å². The Labute approximate surface area is 184 Å². The fourth-order valence-electron chi connectivity index (χ4n) is 3.12. The Balaban J connectivity index is 0.00000256. The Kier molecular flexibility index (Phi) is 7.14. The van der Waals surface area contributed by atoms with Crippen molar-refractivity contribution in [3.05, 3.63) is 42.4 Å². The molecule has 162 valence electrons. The lowest BCUT2D eigenvalue weighted by atomic mass is 10.3. The molecule has 0 unspecified atom stereocenters. The Bertz CT molecular complexity index is 1110. The van der Waals surface area contributed by atoms with Gasteiger partial charge in [0.2, 0.25) is 0 Å². The average molecular weight is 472 g/mol. The molecule has 0 bridgehead atoms. The third kappa shape index (κ3) is 5.01. The van der Waals surface area contributed by atoms with Crippen LogP contribution in [-0.4, -0.2) is 69.9 Å². The second-order valence-electron chi connectivity index (χ2n) is 6.79. The van der Waals surface area contributed by atoms with Gasteiger partial charge >= 0.3 is 0 Å². The second kappa shape index (κ2) is 9.44. The number of rotatable bonds is 6. The number of nitrogens with zero attached hydrogens (tertiary/aromatic N) is 3. The van der Waals surface area contributed by atoms with Gasteiger partial charge in [-0.1, -0.05) is 11.3 Å². The van der Waals surface area contributed by atoms with Gasteiger partial charge in [-0.3, -0.25) is 14.6 Å². The van der Waals surface area contributed by atoms with Gasteiger partial charge in [0, 0.05) is 32.4 Å². The highest BCUT2D eigenvalue weighted by Crippen LogP contribution is 2.31. The molecule has 30 heavy (non-hydrogen) atoms. The van der Waals surface area contributed by atoms with Crippen molar-refractivity contribution >= 4 is 54.8 Å². The van der Waals surface area contributed by atoms with Crippen LogP contribution in [-0.2, 0) is 14.6 Å². The number of anilines is 1. The quantitative estimate of drug-likeness (QED) is 0.545. The average Bonchev–Trinajstić information content (AvgIpc) is 3.37. The van der Waals surface area contributed by atoms with Gasteiger partial charge in [-0.25, -0.2) is 13.4 Å². The molecule has 3 heterocycles. The predicted molar refractivity (Wildman–Crippen MR) is 118 cm³/mol. The monoisotopic (exact) mass is 471 g/mol. The van der Waals surface area contributed by atoms with E-state index < -0.39 is 9.84 Å². The second-order valence-corrected chi connectivity index (χ2v) is 9.81. The number of amides is 1. The number of carbonyl (C=O) groups excluding carboxylic acids is 1. The number of carbonyl (C=O) groups is 1. The molecule has 4 rings (SSSR count). The summed E-state index contributed by atoms with van der Waals surface area (Å²) in [5.74, 6) is -0.0336. The topological polar surface area (TPSA) is 93.0 Å². The van der Waals surface area contributed by atoms with Crippen LogP contribution in [0.5, 0.6) is 0 Å². The maximum absolute atomic E-state index is 13.0. The number of furan rings is 1. The molecule has 1 fully saturated rings. The molecule has 0 spiro atoms. The van der Waals surface area contributed by atoms with E-state index in [1.54, 1.807) is 29.2 Å². The third-order valence-corrected chi connectivity index (χ3v) is 6.88. The first-order valence-electron chi connectivity index (χ1n) is 9.18. The van der Waals surface area contributed by atoms with Crippen molar-refractivity contribution in [2.45, 2.75) is 4.90 Å². The van der Waals surface area contributed by atoms with Crippen molar-refractivity contribution < 1.29 is 22.4 Å². The summed E-state index contributed by atoms with van der Waals surface area (Å²) in [7, 11) is -3.32. The molecule has 2 aromatic heterocycles. The highest BCUT2D eigenvalue weighted by atomic mass is 35.5. The zero-order valence-electron chi connectivity index (χ0n) is 16.3. The number of hydrogen-bond acceptors (Lipinski definition) is 8. The summed E-state index contributed by atoms with van der Waals surface area (Å²) < 4.78 is 35.1. The molecule has 0 atom stereocenters. The molecular weight excluding hydrogens is 450 g/mol. The van der Waals surface area contributed by atoms with E-state index in [-0.39, 0.29) is 29.0 Å². The van der Waals surface area contributed by atoms with E-state index in [1.165, 1.54) is 29.9 Å². The zero-order valence-corrected chi connectivity index (χ0v) is 18.8. The van der Waals surface area contributed by atoms with Crippen molar-refractivity contribution in [2.24, 2.45) is 0 Å². The van der Waals surface area contributed by atoms with Gasteiger partial charge in [-0.05, 0) is 30.3 Å². The summed E-state index contributed by atoms with van der Waals surface area (Å²) in [4.78, 5) is 21.7. The predicted octanol–water partition coefficient (Wildman–Crippen LogP) is 2.69. The fraction of sp³-hybridized carbons (Fsp3) is 0.368. The Hall–Kier alpha value is -1.98. The molecule has 1 aromatic carbocycles. The van der Waals surface area contributed by atoms with Gasteiger partial charge < -0.3 is 9.15 Å². The van der Waals surface area contributed by atoms with Gasteiger partial charge in [0.25, 0.3) is 5.91 Å². The molecule has 8 nitrogen and oxygen atoms in total. The van der Waals surface area contributed by atoms with Crippen LogP contribution >= 0.6 is 23.7 Å². The van der Waals surface area contributed by atoms with E-state index >= 15 is 0 Å². The normalized spacial score (nSPS) is 15.1. The van der Waals surface area contributed by atoms with Crippen molar-refractivity contribution in [2.75, 3.05) is 50.5 Å². The SMILES string of the molecule is CS(=O)(=O)c1ccc2nc(N(CCN3CCOCC3)C(=O)c3ccco3)sc2c1.Cl. The maximum atomic E-state index is 13.0. The summed E-state index contributed by atoms with van der Waals surface area (Å²) >= 11 is 1.29. The van der Waals surface area contributed by atoms with Crippen molar-refractivity contribution in [1.82, 2.24) is 9.88 Å². The van der Waals surface area contributed by atoms with E-state index in [4.69, 9.17) is 9.15 Å². The first kappa shape index (κ1) is 22.7. The number of sulfone groups is 1. The van der Waals surface area contributed by atoms with Gasteiger partial charge in [0.1, 0.15) is 0 Å². The standard InChI is InChI=1S/C19H21N3O5S2.ClH/c1-29(24,25)14-4-5-15-17(13-14)28-19(20-15)22(18(23)16-3-2-10-27-16)7-6-21-8-11-26-12-9-21;/h2-5,10,13H,6-9,11-12H2,1H3;1H. The minimum atomic E-state index is -3.32. The molecule has 11 heteroatoms. The molecule has 0 saturated carbocycles. The Morgan fingerprint density at radius 2 is 2.03 bits per heavy atom. The summed E-state index contributed by atoms with van der Waals surface area (Å²) in [6.07, 6.45) is 2.63. The lowest BCUT2D eigenvalue weighted by Crippen LogP contribution is -2.43. The number of halogens is 1. The molecule has 1 amide bonds. The molecule has 1 aliphatic rings. The summed E-state index contributed by atoms with van der Waals surface area (Å²) in [5.41, 5.74) is 0.654. The van der Waals surface area contributed by atoms with E-state index in [2.05, 4.69) is 9.88 Å². The number of morpholine rings is 1. The van der Waals surface area contributed by atoms with Gasteiger partial charge in [-0.15, -0.1) is 12.4 Å². The van der Waals surface area contributed by atoms with Crippen LogP contribution in [0.3, 0.4) is 0 Å². The first-order valence-corrected chi connectivity index (χ1v) is 11.9. The molecule has 0 N–H and O–H groups in total. The summed E-state index contributed by atoms with van der Waals surface area (Å²) in [6, 6.07) is 8.10. The van der Waals surface area contributed by atoms with Crippen LogP contribution in [0.15, 0.2) is 45.9 Å². The molecule has 0 aliphatic carbocycles. The van der Waals surface area contributed by atoms with E-state index in [9.17, 15) is 13.2 Å². The van der Waals surface area contributed by atoms with Crippen molar-refractivity contribution in [1.29, 1.82) is 0 Å². The molecular formula is C19H22ClN3O5S2. The number of ether oxygens (including phenoxy) is 1. The Morgan fingerprint density at radius 3 is 2.70 bits per heavy atom. The highest BCUT2D eigenvalue weighted by Gasteiger charge is 2.24. The lowest BCUT2D eigenvalue weighted by Gasteiger charge is -2.28. The van der Waals surface area contributed by atoms with E-state index in [1.807, 2.05) is 0 Å². The van der Waals surface area contributed by atoms with Gasteiger partial charge in [-0.2, -0.15) is 0 Å². The zero-order chi connectivity index (χ0) is 20.4. The van der Waals surface area contributed by atoms with Crippen LogP contribution in [0.2, 0.25) is 0 Å². The van der Waals surface area contributed by atoms with Gasteiger partial charge in [0.15, 0.2) is 20.7 Å². The fourth-order valence-corrected chi connectivity index (χ4v) is 4.87. The lowest BCUT2D eigenvalue weighted by molar-refractivity contribution is 0.0390. The number of thiazole rings is 1. The van der Waals surface area contributed by atoms with E-state index in [0.29, 0.717) is 41.7 Å². The molecule has 1 aliphatic heterocycles. The van der Waals surface area contributed by atoms with Crippen LogP contribution in [0.4, 0.5) is 5.13 Å². The van der Waals surface area contributed by atoms with Crippen LogP contribution in [0.1, 0.15) is 10.6 Å². The summed E-state index contributed by atoms with van der Waals surface area (Å²) in [6.45, 7) is 4.13. The first-order chi connectivity index (χ1) is 13.9. The van der Waals surface area contributed by atoms with Crippen LogP contribution < -0.4 is 4.90 Å². The third-order valence-electron chi connectivity index (χ3n) is 4.73. The maximum Gasteiger partial charge on any atom is 0.295 e. The number of fused-ring (bicyclic) bond motifs is 1. The van der Waals surface area contributed by atoms with Gasteiger partial charge in [0.05, 0.1) is 34.6 Å². The minimum absolute atomic E-state index is 0. The smallest absolute Gasteiger partial charge is 0.295 e. The van der Waals surface area contributed by atoms with Crippen LogP contribution in [0, 0.1) is 0 Å². The highest BCUT2D eigenvalue weighted by molar-refractivity contribution is 7.90. The largest absolute Gasteiger partial charge is 0.459 e. The molecule has 0 radical (unpaired) electrons. The number of benzene rings is 1. The van der Waals surface area contributed by atoms with Crippen LogP contribution in [0.25, 0.3) is 10.2 Å². The number of hydrogen-bond donors (Lipinski definition) is 0.